The van der Waals surface area contributed by atoms with Gasteiger partial charge in [-0.15, -0.1) is 0 Å². The van der Waals surface area contributed by atoms with E-state index >= 15 is 0 Å². The highest BCUT2D eigenvalue weighted by molar-refractivity contribution is 9.10. The minimum absolute atomic E-state index is 0.607. The van der Waals surface area contributed by atoms with Crippen LogP contribution in [0.15, 0.2) is 10.5 Å². The Kier molecular flexibility index (Phi) is 3.40. The topological polar surface area (TPSA) is 55.8 Å². The molecule has 5 heteroatoms. The van der Waals surface area contributed by atoms with Crippen molar-refractivity contribution in [3.63, 3.8) is 0 Å². The van der Waals surface area contributed by atoms with Crippen molar-refractivity contribution in [1.82, 2.24) is 0 Å². The summed E-state index contributed by atoms with van der Waals surface area (Å²) in [6.07, 6.45) is 2.97. The molecule has 20 heavy (non-hydrogen) atoms. The Bertz CT molecular complexity index is 563. The van der Waals surface area contributed by atoms with Gasteiger partial charge in [-0.1, -0.05) is 6.92 Å². The van der Waals surface area contributed by atoms with E-state index in [4.69, 9.17) is 9.47 Å². The Balaban J connectivity index is 2.19. The second-order valence-electron chi connectivity index (χ2n) is 5.33. The van der Waals surface area contributed by atoms with Crippen LogP contribution in [0.3, 0.4) is 0 Å². The van der Waals surface area contributed by atoms with Crippen molar-refractivity contribution in [1.29, 1.82) is 0 Å². The lowest BCUT2D eigenvalue weighted by molar-refractivity contribution is -0.140. The molecule has 1 heterocycles. The highest BCUT2D eigenvalue weighted by Gasteiger charge is 2.53. The van der Waals surface area contributed by atoms with E-state index in [1.165, 1.54) is 0 Å². The number of rotatable bonds is 3. The molecule has 3 rings (SSSR count). The zero-order chi connectivity index (χ0) is 14.3. The second-order valence-corrected chi connectivity index (χ2v) is 6.19. The average molecular weight is 341 g/mol. The first kappa shape index (κ1) is 13.7. The van der Waals surface area contributed by atoms with E-state index in [9.17, 15) is 9.90 Å². The van der Waals surface area contributed by atoms with Gasteiger partial charge in [0.2, 0.25) is 0 Å². The van der Waals surface area contributed by atoms with Gasteiger partial charge in [0.25, 0.3) is 0 Å². The van der Waals surface area contributed by atoms with Gasteiger partial charge in [-0.2, -0.15) is 0 Å². The van der Waals surface area contributed by atoms with Crippen LogP contribution in [-0.4, -0.2) is 24.3 Å². The quantitative estimate of drug-likeness (QED) is 0.917. The van der Waals surface area contributed by atoms with Gasteiger partial charge in [-0.3, -0.25) is 4.79 Å². The standard InChI is InChI=1S/C15H17BrO4/c1-2-9-10(15(4-5-15)14(17)18)8-11(16)13-12(9)19-6-3-7-20-13/h8H,2-7H2,1H3,(H,17,18). The number of ether oxygens (including phenoxy) is 2. The van der Waals surface area contributed by atoms with Gasteiger partial charge in [-0.25, -0.2) is 0 Å². The highest BCUT2D eigenvalue weighted by atomic mass is 79.9. The molecule has 1 aromatic rings. The first-order valence-corrected chi connectivity index (χ1v) is 7.74. The van der Waals surface area contributed by atoms with Crippen LogP contribution in [0.25, 0.3) is 0 Å². The maximum absolute atomic E-state index is 11.6. The van der Waals surface area contributed by atoms with Gasteiger partial charge in [-0.05, 0) is 46.8 Å². The van der Waals surface area contributed by atoms with Gasteiger partial charge in [0.1, 0.15) is 0 Å². The Morgan fingerprint density at radius 1 is 1.35 bits per heavy atom. The minimum Gasteiger partial charge on any atom is -0.489 e. The van der Waals surface area contributed by atoms with Crippen molar-refractivity contribution in [3.05, 3.63) is 21.7 Å². The van der Waals surface area contributed by atoms with E-state index in [-0.39, 0.29) is 0 Å². The van der Waals surface area contributed by atoms with Crippen molar-refractivity contribution in [2.45, 2.75) is 38.0 Å². The SMILES string of the molecule is CCc1c(C2(C(=O)O)CC2)cc(Br)c2c1OCCCO2. The first-order chi connectivity index (χ1) is 9.60. The summed E-state index contributed by atoms with van der Waals surface area (Å²) in [5.41, 5.74) is 1.13. The maximum Gasteiger partial charge on any atom is 0.314 e. The maximum atomic E-state index is 11.6. The molecule has 0 amide bonds. The Morgan fingerprint density at radius 3 is 2.55 bits per heavy atom. The molecule has 0 spiro atoms. The fraction of sp³-hybridized carbons (Fsp3) is 0.533. The lowest BCUT2D eigenvalue weighted by Crippen LogP contribution is -2.22. The monoisotopic (exact) mass is 340 g/mol. The van der Waals surface area contributed by atoms with Crippen LogP contribution < -0.4 is 9.47 Å². The lowest BCUT2D eigenvalue weighted by atomic mass is 9.89. The molecule has 4 nitrogen and oxygen atoms in total. The van der Waals surface area contributed by atoms with Crippen LogP contribution in [0.1, 0.15) is 37.3 Å². The summed E-state index contributed by atoms with van der Waals surface area (Å²) in [5.74, 6) is 0.694. The predicted molar refractivity (Wildman–Crippen MR) is 77.7 cm³/mol. The minimum atomic E-state index is -0.742. The van der Waals surface area contributed by atoms with Crippen LogP contribution in [0.4, 0.5) is 0 Å². The van der Waals surface area contributed by atoms with Crippen LogP contribution in [-0.2, 0) is 16.6 Å². The number of aliphatic carboxylic acids is 1. The molecule has 0 unspecified atom stereocenters. The molecule has 1 N–H and O–H groups in total. The number of carboxylic acid groups (broad SMARTS) is 1. The van der Waals surface area contributed by atoms with E-state index in [2.05, 4.69) is 15.9 Å². The van der Waals surface area contributed by atoms with E-state index in [1.54, 1.807) is 0 Å². The van der Waals surface area contributed by atoms with E-state index in [0.29, 0.717) is 31.8 Å². The van der Waals surface area contributed by atoms with Gasteiger partial charge in [0.05, 0.1) is 23.1 Å². The third kappa shape index (κ3) is 1.99. The summed E-state index contributed by atoms with van der Waals surface area (Å²) < 4.78 is 12.4. The number of benzene rings is 1. The molecule has 0 bridgehead atoms. The van der Waals surface area contributed by atoms with Crippen molar-refractivity contribution >= 4 is 21.9 Å². The molecule has 1 saturated carbocycles. The molecular weight excluding hydrogens is 324 g/mol. The molecule has 0 saturated heterocycles. The Hall–Kier alpha value is -1.23. The summed E-state index contributed by atoms with van der Waals surface area (Å²) >= 11 is 3.50. The summed E-state index contributed by atoms with van der Waals surface area (Å²) in [6, 6.07) is 1.91. The first-order valence-electron chi connectivity index (χ1n) is 6.95. The normalized spacial score (nSPS) is 19.3. The largest absolute Gasteiger partial charge is 0.489 e. The van der Waals surface area contributed by atoms with Crippen LogP contribution in [0, 0.1) is 0 Å². The van der Waals surface area contributed by atoms with Gasteiger partial charge in [0, 0.05) is 12.0 Å². The van der Waals surface area contributed by atoms with E-state index in [0.717, 1.165) is 34.2 Å². The summed E-state index contributed by atoms with van der Waals surface area (Å²) in [7, 11) is 0. The fourth-order valence-electron chi connectivity index (χ4n) is 2.84. The van der Waals surface area contributed by atoms with Crippen molar-refractivity contribution in [2.75, 3.05) is 13.2 Å². The fourth-order valence-corrected chi connectivity index (χ4v) is 3.37. The third-order valence-corrected chi connectivity index (χ3v) is 4.69. The Morgan fingerprint density at radius 2 is 2.00 bits per heavy atom. The van der Waals surface area contributed by atoms with Gasteiger partial charge < -0.3 is 14.6 Å². The molecule has 1 aromatic carbocycles. The molecule has 1 fully saturated rings. The Labute approximate surface area is 126 Å². The number of hydrogen-bond donors (Lipinski definition) is 1. The molecular formula is C15H17BrO4. The summed E-state index contributed by atoms with van der Waals surface area (Å²) in [4.78, 5) is 11.6. The van der Waals surface area contributed by atoms with Crippen LogP contribution in [0.2, 0.25) is 0 Å². The number of halogens is 1. The molecule has 0 radical (unpaired) electrons. The average Bonchev–Trinajstić information content (AvgIpc) is 3.23. The molecule has 0 atom stereocenters. The zero-order valence-corrected chi connectivity index (χ0v) is 13.0. The zero-order valence-electron chi connectivity index (χ0n) is 11.4. The second kappa shape index (κ2) is 4.95. The summed E-state index contributed by atoms with van der Waals surface area (Å²) in [6.45, 7) is 3.26. The predicted octanol–water partition coefficient (Wildman–Crippen LogP) is 3.29. The summed E-state index contributed by atoms with van der Waals surface area (Å²) in [5, 5.41) is 9.54. The molecule has 108 valence electrons. The molecule has 2 aliphatic rings. The molecule has 1 aliphatic heterocycles. The van der Waals surface area contributed by atoms with Crippen molar-refractivity contribution in [3.8, 4) is 11.5 Å². The van der Waals surface area contributed by atoms with Crippen molar-refractivity contribution < 1.29 is 19.4 Å². The van der Waals surface area contributed by atoms with E-state index < -0.39 is 11.4 Å². The number of carbonyl (C=O) groups is 1. The number of carboxylic acids is 1. The molecule has 1 aliphatic carbocycles. The number of fused-ring (bicyclic) bond motifs is 1. The smallest absolute Gasteiger partial charge is 0.314 e. The number of hydrogen-bond acceptors (Lipinski definition) is 3. The van der Waals surface area contributed by atoms with Crippen LogP contribution in [0.5, 0.6) is 11.5 Å². The van der Waals surface area contributed by atoms with E-state index in [1.807, 2.05) is 13.0 Å². The highest BCUT2D eigenvalue weighted by Crippen LogP contribution is 2.54. The van der Waals surface area contributed by atoms with Crippen molar-refractivity contribution in [2.24, 2.45) is 0 Å². The molecule has 0 aromatic heterocycles. The van der Waals surface area contributed by atoms with Gasteiger partial charge in [0.15, 0.2) is 11.5 Å². The third-order valence-electron chi connectivity index (χ3n) is 4.10. The lowest BCUT2D eigenvalue weighted by Gasteiger charge is -2.21. The van der Waals surface area contributed by atoms with Gasteiger partial charge >= 0.3 is 5.97 Å². The van der Waals surface area contributed by atoms with Crippen LogP contribution >= 0.6 is 15.9 Å².